The molecule has 1 heterocycles. The second-order valence-corrected chi connectivity index (χ2v) is 7.80. The molecule has 0 aromatic rings. The molecule has 0 aromatic heterocycles. The Kier molecular flexibility index (Phi) is 6.26. The summed E-state index contributed by atoms with van der Waals surface area (Å²) in [7, 11) is -3.11. The third-order valence-corrected chi connectivity index (χ3v) is 5.12. The summed E-state index contributed by atoms with van der Waals surface area (Å²) in [6.07, 6.45) is 3.46. The molecule has 1 aliphatic heterocycles. The van der Waals surface area contributed by atoms with E-state index in [-0.39, 0.29) is 18.1 Å². The van der Waals surface area contributed by atoms with Crippen molar-refractivity contribution in [2.45, 2.75) is 52.1 Å². The molecular formula is C13H27N3O3S. The van der Waals surface area contributed by atoms with Crippen LogP contribution in [0.5, 0.6) is 0 Å². The van der Waals surface area contributed by atoms with Gasteiger partial charge in [0.2, 0.25) is 10.0 Å². The van der Waals surface area contributed by atoms with Gasteiger partial charge in [-0.2, -0.15) is 0 Å². The Balaban J connectivity index is 2.38. The zero-order valence-electron chi connectivity index (χ0n) is 12.8. The van der Waals surface area contributed by atoms with Gasteiger partial charge in [0.25, 0.3) is 0 Å². The van der Waals surface area contributed by atoms with E-state index in [0.717, 1.165) is 6.42 Å². The minimum atomic E-state index is -3.11. The minimum absolute atomic E-state index is 0.0534. The van der Waals surface area contributed by atoms with Gasteiger partial charge in [0, 0.05) is 25.2 Å². The van der Waals surface area contributed by atoms with E-state index < -0.39 is 10.0 Å². The van der Waals surface area contributed by atoms with Gasteiger partial charge in [-0.3, -0.25) is 0 Å². The maximum atomic E-state index is 11.9. The molecule has 2 amide bonds. The lowest BCUT2D eigenvalue weighted by molar-refractivity contribution is 0.220. The maximum Gasteiger partial charge on any atom is 0.315 e. The quantitative estimate of drug-likeness (QED) is 0.799. The second-order valence-electron chi connectivity index (χ2n) is 5.81. The number of carbonyl (C=O) groups is 1. The number of piperidine rings is 1. The van der Waals surface area contributed by atoms with Crippen molar-refractivity contribution in [1.29, 1.82) is 0 Å². The number of rotatable bonds is 5. The molecule has 6 nitrogen and oxygen atoms in total. The molecule has 2 N–H and O–H groups in total. The molecule has 1 aliphatic rings. The summed E-state index contributed by atoms with van der Waals surface area (Å²) in [5, 5.41) is 5.91. The van der Waals surface area contributed by atoms with Crippen LogP contribution < -0.4 is 10.6 Å². The van der Waals surface area contributed by atoms with Crippen LogP contribution in [-0.4, -0.2) is 50.2 Å². The fraction of sp³-hybridized carbons (Fsp3) is 0.923. The van der Waals surface area contributed by atoms with Crippen LogP contribution in [0.4, 0.5) is 4.79 Å². The van der Waals surface area contributed by atoms with Crippen molar-refractivity contribution in [3.63, 3.8) is 0 Å². The lowest BCUT2D eigenvalue weighted by atomic mass is 10.0. The normalized spacial score (nSPS) is 19.9. The van der Waals surface area contributed by atoms with Crippen molar-refractivity contribution >= 4 is 16.1 Å². The first-order valence-corrected chi connectivity index (χ1v) is 9.11. The Hall–Kier alpha value is -0.820. The summed E-state index contributed by atoms with van der Waals surface area (Å²) < 4.78 is 24.3. The van der Waals surface area contributed by atoms with Gasteiger partial charge >= 0.3 is 6.03 Å². The Morgan fingerprint density at radius 1 is 1.30 bits per heavy atom. The van der Waals surface area contributed by atoms with Crippen LogP contribution in [0.15, 0.2) is 0 Å². The van der Waals surface area contributed by atoms with Gasteiger partial charge in [0.15, 0.2) is 0 Å². The van der Waals surface area contributed by atoms with Gasteiger partial charge in [-0.05, 0) is 25.2 Å². The SMILES string of the molecule is CCC(NC(=O)NC1CCN(S(C)(=O)=O)CC1)C(C)C. The van der Waals surface area contributed by atoms with E-state index >= 15 is 0 Å². The zero-order valence-corrected chi connectivity index (χ0v) is 13.7. The molecule has 1 unspecified atom stereocenters. The monoisotopic (exact) mass is 305 g/mol. The molecule has 0 spiro atoms. The van der Waals surface area contributed by atoms with E-state index in [1.807, 2.05) is 0 Å². The lowest BCUT2D eigenvalue weighted by Crippen LogP contribution is -2.51. The minimum Gasteiger partial charge on any atom is -0.335 e. The van der Waals surface area contributed by atoms with Crippen molar-refractivity contribution in [2.24, 2.45) is 5.92 Å². The van der Waals surface area contributed by atoms with E-state index in [1.54, 1.807) is 0 Å². The number of urea groups is 1. The highest BCUT2D eigenvalue weighted by atomic mass is 32.2. The molecule has 1 fully saturated rings. The van der Waals surface area contributed by atoms with Crippen LogP contribution in [0.2, 0.25) is 0 Å². The van der Waals surface area contributed by atoms with Crippen molar-refractivity contribution in [2.75, 3.05) is 19.3 Å². The number of amides is 2. The lowest BCUT2D eigenvalue weighted by Gasteiger charge is -2.31. The van der Waals surface area contributed by atoms with Crippen molar-refractivity contribution < 1.29 is 13.2 Å². The first-order chi connectivity index (χ1) is 9.24. The van der Waals surface area contributed by atoms with Crippen molar-refractivity contribution in [1.82, 2.24) is 14.9 Å². The van der Waals surface area contributed by atoms with Crippen LogP contribution in [0.25, 0.3) is 0 Å². The number of nitrogens with one attached hydrogen (secondary N) is 2. The molecule has 1 saturated heterocycles. The van der Waals surface area contributed by atoms with Crippen LogP contribution in [0.3, 0.4) is 0 Å². The second kappa shape index (κ2) is 7.26. The third-order valence-electron chi connectivity index (χ3n) is 3.82. The highest BCUT2D eigenvalue weighted by molar-refractivity contribution is 7.88. The van der Waals surface area contributed by atoms with Gasteiger partial charge in [-0.25, -0.2) is 17.5 Å². The molecule has 118 valence electrons. The van der Waals surface area contributed by atoms with E-state index in [0.29, 0.717) is 31.8 Å². The first-order valence-electron chi connectivity index (χ1n) is 7.26. The topological polar surface area (TPSA) is 78.5 Å². The fourth-order valence-corrected chi connectivity index (χ4v) is 3.34. The molecule has 20 heavy (non-hydrogen) atoms. The average Bonchev–Trinajstić information content (AvgIpc) is 2.35. The van der Waals surface area contributed by atoms with E-state index in [2.05, 4.69) is 31.4 Å². The first kappa shape index (κ1) is 17.2. The number of nitrogens with zero attached hydrogens (tertiary/aromatic N) is 1. The Bertz CT molecular complexity index is 415. The van der Waals surface area contributed by atoms with E-state index in [4.69, 9.17) is 0 Å². The van der Waals surface area contributed by atoms with Gasteiger partial charge in [0.1, 0.15) is 0 Å². The fourth-order valence-electron chi connectivity index (χ4n) is 2.47. The molecule has 0 radical (unpaired) electrons. The van der Waals surface area contributed by atoms with Crippen LogP contribution >= 0.6 is 0 Å². The molecular weight excluding hydrogens is 278 g/mol. The molecule has 1 rings (SSSR count). The van der Waals surface area contributed by atoms with E-state index in [1.165, 1.54) is 10.6 Å². The molecule has 0 aliphatic carbocycles. The Labute approximate surface area is 122 Å². The van der Waals surface area contributed by atoms with Crippen LogP contribution in [0.1, 0.15) is 40.0 Å². The molecule has 7 heteroatoms. The van der Waals surface area contributed by atoms with Crippen LogP contribution in [0, 0.1) is 5.92 Å². The third kappa shape index (κ3) is 5.28. The number of carbonyl (C=O) groups excluding carboxylic acids is 1. The standard InChI is InChI=1S/C13H27N3O3S/c1-5-12(10(2)3)15-13(17)14-11-6-8-16(9-7-11)20(4,18)19/h10-12H,5-9H2,1-4H3,(H2,14,15,17). The summed E-state index contributed by atoms with van der Waals surface area (Å²) in [6.45, 7) is 7.17. The van der Waals surface area contributed by atoms with Gasteiger partial charge < -0.3 is 10.6 Å². The number of hydrogen-bond acceptors (Lipinski definition) is 3. The molecule has 1 atom stereocenters. The Morgan fingerprint density at radius 2 is 1.85 bits per heavy atom. The largest absolute Gasteiger partial charge is 0.335 e. The van der Waals surface area contributed by atoms with Gasteiger partial charge in [0.05, 0.1) is 6.26 Å². The summed E-state index contributed by atoms with van der Waals surface area (Å²) in [5.74, 6) is 0.401. The summed E-state index contributed by atoms with van der Waals surface area (Å²) >= 11 is 0. The molecule has 0 saturated carbocycles. The molecule has 0 aromatic carbocycles. The van der Waals surface area contributed by atoms with Gasteiger partial charge in [-0.15, -0.1) is 0 Å². The molecule has 0 bridgehead atoms. The smallest absolute Gasteiger partial charge is 0.315 e. The Morgan fingerprint density at radius 3 is 2.25 bits per heavy atom. The number of hydrogen-bond donors (Lipinski definition) is 2. The summed E-state index contributed by atoms with van der Waals surface area (Å²) in [4.78, 5) is 11.9. The summed E-state index contributed by atoms with van der Waals surface area (Å²) in [5.41, 5.74) is 0. The average molecular weight is 305 g/mol. The van der Waals surface area contributed by atoms with Crippen LogP contribution in [-0.2, 0) is 10.0 Å². The highest BCUT2D eigenvalue weighted by Gasteiger charge is 2.26. The number of sulfonamides is 1. The zero-order chi connectivity index (χ0) is 15.3. The van der Waals surface area contributed by atoms with E-state index in [9.17, 15) is 13.2 Å². The maximum absolute atomic E-state index is 11.9. The predicted molar refractivity (Wildman–Crippen MR) is 80.0 cm³/mol. The summed E-state index contributed by atoms with van der Waals surface area (Å²) in [6, 6.07) is 0.0760. The van der Waals surface area contributed by atoms with Crippen molar-refractivity contribution in [3.05, 3.63) is 0 Å². The highest BCUT2D eigenvalue weighted by Crippen LogP contribution is 2.13. The predicted octanol–water partition coefficient (Wildman–Crippen LogP) is 1.14. The van der Waals surface area contributed by atoms with Crippen molar-refractivity contribution in [3.8, 4) is 0 Å². The van der Waals surface area contributed by atoms with Gasteiger partial charge in [-0.1, -0.05) is 20.8 Å².